The molecule has 0 aromatic heterocycles. The first-order valence-electron chi connectivity index (χ1n) is 14.1. The first kappa shape index (κ1) is 30.9. The van der Waals surface area contributed by atoms with E-state index in [1.807, 2.05) is 0 Å². The van der Waals surface area contributed by atoms with Crippen molar-refractivity contribution in [3.63, 3.8) is 0 Å². The van der Waals surface area contributed by atoms with Crippen LogP contribution in [0.25, 0.3) is 0 Å². The number of methoxy groups -OCH3 is 1. The number of alkyl halides is 3. The number of rotatable bonds is 8. The number of benzene rings is 2. The second-order valence-corrected chi connectivity index (χ2v) is 11.9. The van der Waals surface area contributed by atoms with E-state index in [1.54, 1.807) is 0 Å². The van der Waals surface area contributed by atoms with Gasteiger partial charge in [-0.05, 0) is 81.0 Å². The molecular weight excluding hydrogens is 596 g/mol. The van der Waals surface area contributed by atoms with E-state index in [-0.39, 0.29) is 34.6 Å². The SMILES string of the molecule is COc1cc(F)c(OC2CCC(C(=O)O)CC2)cc1C(=O)N[C@@H]1[C@H]2CC[C@H](C2)[C@@H]1C(=O)Nc1ccc(Cl)c(C(F)(F)F)c1. The summed E-state index contributed by atoms with van der Waals surface area (Å²) in [6, 6.07) is 4.80. The lowest BCUT2D eigenvalue weighted by Gasteiger charge is -2.31. The molecule has 2 amide bonds. The molecule has 3 fully saturated rings. The van der Waals surface area contributed by atoms with Crippen molar-refractivity contribution >= 4 is 35.1 Å². The van der Waals surface area contributed by atoms with Crippen molar-refractivity contribution in [1.82, 2.24) is 5.32 Å². The third kappa shape index (κ3) is 6.53. The highest BCUT2D eigenvalue weighted by Gasteiger charge is 2.51. The molecule has 3 aliphatic rings. The van der Waals surface area contributed by atoms with Gasteiger partial charge in [0.05, 0.1) is 41.2 Å². The molecular formula is C30H31ClF4N2O6. The van der Waals surface area contributed by atoms with Gasteiger partial charge in [0.1, 0.15) is 5.75 Å². The first-order valence-corrected chi connectivity index (χ1v) is 14.5. The average Bonchev–Trinajstić information content (AvgIpc) is 3.56. The molecule has 0 unspecified atom stereocenters. The lowest BCUT2D eigenvalue weighted by atomic mass is 9.83. The highest BCUT2D eigenvalue weighted by molar-refractivity contribution is 6.31. The van der Waals surface area contributed by atoms with E-state index < -0.39 is 64.3 Å². The third-order valence-corrected chi connectivity index (χ3v) is 9.20. The van der Waals surface area contributed by atoms with Gasteiger partial charge < -0.3 is 25.2 Å². The van der Waals surface area contributed by atoms with Crippen molar-refractivity contribution < 1.29 is 46.5 Å². The van der Waals surface area contributed by atoms with Crippen molar-refractivity contribution in [3.05, 3.63) is 52.3 Å². The maximum Gasteiger partial charge on any atom is 0.417 e. The van der Waals surface area contributed by atoms with Crippen LogP contribution in [0.4, 0.5) is 23.2 Å². The molecule has 3 saturated carbocycles. The van der Waals surface area contributed by atoms with Gasteiger partial charge in [0.15, 0.2) is 11.6 Å². The Morgan fingerprint density at radius 1 is 0.977 bits per heavy atom. The molecule has 3 N–H and O–H groups in total. The summed E-state index contributed by atoms with van der Waals surface area (Å²) in [5.41, 5.74) is -1.14. The zero-order valence-corrected chi connectivity index (χ0v) is 23.9. The van der Waals surface area contributed by atoms with Gasteiger partial charge in [0.25, 0.3) is 5.91 Å². The molecule has 13 heteroatoms. The predicted molar refractivity (Wildman–Crippen MR) is 148 cm³/mol. The summed E-state index contributed by atoms with van der Waals surface area (Å²) < 4.78 is 66.0. The Morgan fingerprint density at radius 3 is 2.33 bits per heavy atom. The van der Waals surface area contributed by atoms with E-state index in [2.05, 4.69) is 10.6 Å². The summed E-state index contributed by atoms with van der Waals surface area (Å²) in [4.78, 5) is 38.2. The maximum absolute atomic E-state index is 14.9. The minimum Gasteiger partial charge on any atom is -0.496 e. The molecule has 0 radical (unpaired) electrons. The number of ether oxygens (including phenoxy) is 2. The van der Waals surface area contributed by atoms with Crippen LogP contribution < -0.4 is 20.1 Å². The van der Waals surface area contributed by atoms with Gasteiger partial charge in [0, 0.05) is 17.8 Å². The molecule has 0 aliphatic heterocycles. The Hall–Kier alpha value is -3.54. The fraction of sp³-hybridized carbons (Fsp3) is 0.500. The number of carbonyl (C=O) groups excluding carboxylic acids is 2. The van der Waals surface area contributed by atoms with Crippen molar-refractivity contribution in [3.8, 4) is 11.5 Å². The van der Waals surface area contributed by atoms with E-state index in [1.165, 1.54) is 19.2 Å². The second kappa shape index (κ2) is 12.2. The van der Waals surface area contributed by atoms with E-state index >= 15 is 0 Å². The van der Waals surface area contributed by atoms with Gasteiger partial charge in [-0.25, -0.2) is 4.39 Å². The van der Waals surface area contributed by atoms with Crippen LogP contribution in [-0.4, -0.2) is 42.1 Å². The van der Waals surface area contributed by atoms with Crippen molar-refractivity contribution in [1.29, 1.82) is 0 Å². The molecule has 2 aromatic carbocycles. The number of hydrogen-bond acceptors (Lipinski definition) is 5. The summed E-state index contributed by atoms with van der Waals surface area (Å²) in [6.07, 6.45) is -1.30. The predicted octanol–water partition coefficient (Wildman–Crippen LogP) is 6.31. The van der Waals surface area contributed by atoms with Crippen LogP contribution in [0.3, 0.4) is 0 Å². The molecule has 3 aliphatic carbocycles. The van der Waals surface area contributed by atoms with E-state index in [4.69, 9.17) is 21.1 Å². The summed E-state index contributed by atoms with van der Waals surface area (Å²) >= 11 is 5.71. The van der Waals surface area contributed by atoms with Crippen LogP contribution in [0.15, 0.2) is 30.3 Å². The highest BCUT2D eigenvalue weighted by atomic mass is 35.5. The van der Waals surface area contributed by atoms with Crippen LogP contribution in [0.1, 0.15) is 60.9 Å². The number of aliphatic carboxylic acids is 1. The standard InChI is InChI=1S/C30H31ClF4N2O6/c1-42-23-13-22(32)24(43-18-7-4-14(5-8-18)29(40)41)12-19(23)27(38)37-26-16-3-2-15(10-16)25(26)28(39)36-17-6-9-21(31)20(11-17)30(33,34)35/h6,9,11-16,18,25-26H,2-5,7-8,10H2,1H3,(H,36,39)(H,37,38)(H,40,41)/t14?,15-,16+,18?,25+,26-/m1/s1. The number of fused-ring (bicyclic) bond motifs is 2. The Balaban J connectivity index is 1.32. The largest absolute Gasteiger partial charge is 0.496 e. The van der Waals surface area contributed by atoms with Gasteiger partial charge in [-0.2, -0.15) is 13.2 Å². The lowest BCUT2D eigenvalue weighted by Crippen LogP contribution is -2.48. The van der Waals surface area contributed by atoms with Gasteiger partial charge in [0.2, 0.25) is 5.91 Å². The summed E-state index contributed by atoms with van der Waals surface area (Å²) in [5, 5.41) is 14.2. The Morgan fingerprint density at radius 2 is 1.67 bits per heavy atom. The number of carbonyl (C=O) groups is 3. The molecule has 2 aromatic rings. The first-order chi connectivity index (χ1) is 20.3. The molecule has 0 saturated heterocycles. The number of carboxylic acids is 1. The van der Waals surface area contributed by atoms with Crippen LogP contribution in [0.2, 0.25) is 5.02 Å². The number of nitrogens with one attached hydrogen (secondary N) is 2. The second-order valence-electron chi connectivity index (χ2n) is 11.5. The fourth-order valence-corrected chi connectivity index (χ4v) is 6.95. The molecule has 232 valence electrons. The lowest BCUT2D eigenvalue weighted by molar-refractivity contribution is -0.143. The number of halogens is 5. The third-order valence-electron chi connectivity index (χ3n) is 8.87. The van der Waals surface area contributed by atoms with Crippen LogP contribution in [0, 0.1) is 29.5 Å². The summed E-state index contributed by atoms with van der Waals surface area (Å²) in [6.45, 7) is 0. The highest BCUT2D eigenvalue weighted by Crippen LogP contribution is 2.49. The van der Waals surface area contributed by atoms with Crippen LogP contribution in [-0.2, 0) is 15.8 Å². The average molecular weight is 627 g/mol. The van der Waals surface area contributed by atoms with E-state index in [0.717, 1.165) is 31.0 Å². The monoisotopic (exact) mass is 626 g/mol. The van der Waals surface area contributed by atoms with Gasteiger partial charge >= 0.3 is 12.1 Å². The van der Waals surface area contributed by atoms with E-state index in [0.29, 0.717) is 32.1 Å². The molecule has 0 heterocycles. The summed E-state index contributed by atoms with van der Waals surface area (Å²) in [7, 11) is 1.29. The quantitative estimate of drug-likeness (QED) is 0.296. The maximum atomic E-state index is 14.9. The molecule has 2 bridgehead atoms. The van der Waals surface area contributed by atoms with Gasteiger partial charge in [-0.1, -0.05) is 11.6 Å². The molecule has 0 spiro atoms. The van der Waals surface area contributed by atoms with E-state index in [9.17, 15) is 37.1 Å². The van der Waals surface area contributed by atoms with Gasteiger partial charge in [-0.15, -0.1) is 0 Å². The van der Waals surface area contributed by atoms with Crippen LogP contribution in [0.5, 0.6) is 11.5 Å². The van der Waals surface area contributed by atoms with Crippen molar-refractivity contribution in [2.45, 2.75) is 63.3 Å². The Kier molecular flexibility index (Phi) is 8.78. The number of anilines is 1. The van der Waals surface area contributed by atoms with Gasteiger partial charge in [-0.3, -0.25) is 14.4 Å². The summed E-state index contributed by atoms with van der Waals surface area (Å²) in [5.74, 6) is -4.21. The molecule has 5 rings (SSSR count). The Bertz CT molecular complexity index is 1410. The molecule has 43 heavy (non-hydrogen) atoms. The zero-order chi connectivity index (χ0) is 31.1. The normalized spacial score (nSPS) is 26.6. The number of carboxylic acid groups (broad SMARTS) is 1. The minimum atomic E-state index is -4.70. The Labute approximate surface area is 250 Å². The molecule has 8 nitrogen and oxygen atoms in total. The van der Waals surface area contributed by atoms with Crippen molar-refractivity contribution in [2.24, 2.45) is 23.7 Å². The minimum absolute atomic E-state index is 0.00688. The zero-order valence-electron chi connectivity index (χ0n) is 23.2. The smallest absolute Gasteiger partial charge is 0.417 e. The molecule has 4 atom stereocenters. The number of hydrogen-bond donors (Lipinski definition) is 3. The number of amides is 2. The van der Waals surface area contributed by atoms with Crippen molar-refractivity contribution in [2.75, 3.05) is 12.4 Å². The topological polar surface area (TPSA) is 114 Å². The fourth-order valence-electron chi connectivity index (χ4n) is 6.73. The van der Waals surface area contributed by atoms with Crippen LogP contribution >= 0.6 is 11.6 Å².